The largest absolute Gasteiger partial charge is 0.497 e. The predicted octanol–water partition coefficient (Wildman–Crippen LogP) is 2.06. The van der Waals surface area contributed by atoms with E-state index in [0.29, 0.717) is 5.69 Å². The van der Waals surface area contributed by atoms with Gasteiger partial charge in [-0.2, -0.15) is 0 Å². The van der Waals surface area contributed by atoms with E-state index in [9.17, 15) is 9.59 Å². The molecule has 0 aliphatic heterocycles. The first kappa shape index (κ1) is 15.4. The topological polar surface area (TPSA) is 88.6 Å². The number of aromatic nitrogens is 1. The Balaban J connectivity index is 2.03. The summed E-state index contributed by atoms with van der Waals surface area (Å²) in [5.41, 5.74) is 0.969. The minimum Gasteiger partial charge on any atom is -0.497 e. The van der Waals surface area contributed by atoms with Gasteiger partial charge in [-0.05, 0) is 23.8 Å². The molecule has 0 saturated heterocycles. The minimum absolute atomic E-state index is 0.170. The number of aliphatic carboxylic acids is 1. The van der Waals surface area contributed by atoms with Gasteiger partial charge in [0.1, 0.15) is 12.4 Å². The van der Waals surface area contributed by atoms with Crippen molar-refractivity contribution < 1.29 is 19.4 Å². The van der Waals surface area contributed by atoms with Crippen molar-refractivity contribution in [1.29, 1.82) is 0 Å². The van der Waals surface area contributed by atoms with Gasteiger partial charge in [0, 0.05) is 24.0 Å². The highest BCUT2D eigenvalue weighted by molar-refractivity contribution is 5.84. The molecule has 0 saturated carbocycles. The Bertz CT molecular complexity index is 731. The highest BCUT2D eigenvalue weighted by Gasteiger charge is 2.03. The van der Waals surface area contributed by atoms with Gasteiger partial charge in [-0.25, -0.2) is 4.79 Å². The molecule has 0 amide bonds. The number of carbonyl (C=O) groups is 1. The van der Waals surface area contributed by atoms with Crippen LogP contribution in [-0.4, -0.2) is 23.2 Å². The van der Waals surface area contributed by atoms with Crippen LogP contribution in [0.3, 0.4) is 0 Å². The summed E-state index contributed by atoms with van der Waals surface area (Å²) in [6.45, 7) is 0.247. The fourth-order valence-corrected chi connectivity index (χ4v) is 1.73. The number of aromatic amines is 1. The number of carboxylic acids is 1. The van der Waals surface area contributed by atoms with Crippen molar-refractivity contribution in [3.05, 3.63) is 64.1 Å². The van der Waals surface area contributed by atoms with E-state index < -0.39 is 5.97 Å². The molecule has 0 radical (unpaired) electrons. The van der Waals surface area contributed by atoms with Gasteiger partial charge >= 0.3 is 5.97 Å². The second kappa shape index (κ2) is 7.12. The number of hydrogen-bond acceptors (Lipinski definition) is 4. The van der Waals surface area contributed by atoms with Crippen LogP contribution in [0.5, 0.6) is 11.5 Å². The molecule has 2 rings (SSSR count). The van der Waals surface area contributed by atoms with Crippen LogP contribution in [0.25, 0.3) is 6.08 Å². The fraction of sp³-hybridized carbons (Fsp3) is 0.125. The summed E-state index contributed by atoms with van der Waals surface area (Å²) in [6.07, 6.45) is 3.66. The lowest BCUT2D eigenvalue weighted by molar-refractivity contribution is -0.131. The maximum absolute atomic E-state index is 11.9. The molecule has 6 nitrogen and oxygen atoms in total. The average Bonchev–Trinajstić information content (AvgIpc) is 2.52. The van der Waals surface area contributed by atoms with Crippen LogP contribution >= 0.6 is 0 Å². The molecule has 6 heteroatoms. The van der Waals surface area contributed by atoms with Crippen molar-refractivity contribution in [2.24, 2.45) is 0 Å². The van der Waals surface area contributed by atoms with Crippen molar-refractivity contribution >= 4 is 12.0 Å². The Morgan fingerprint density at radius 1 is 1.32 bits per heavy atom. The number of rotatable bonds is 6. The van der Waals surface area contributed by atoms with Gasteiger partial charge < -0.3 is 19.6 Å². The van der Waals surface area contributed by atoms with Crippen LogP contribution in [0.1, 0.15) is 11.3 Å². The van der Waals surface area contributed by atoms with Crippen LogP contribution in [0.4, 0.5) is 0 Å². The molecule has 1 heterocycles. The Kier molecular flexibility index (Phi) is 4.98. The van der Waals surface area contributed by atoms with Gasteiger partial charge in [-0.1, -0.05) is 12.1 Å². The third kappa shape index (κ3) is 4.24. The molecule has 0 bridgehead atoms. The number of ether oxygens (including phenoxy) is 2. The summed E-state index contributed by atoms with van der Waals surface area (Å²) in [6, 6.07) is 8.59. The molecule has 0 aliphatic carbocycles. The highest BCUT2D eigenvalue weighted by atomic mass is 16.5. The molecule has 0 fully saturated rings. The van der Waals surface area contributed by atoms with Gasteiger partial charge in [0.15, 0.2) is 5.75 Å². The molecule has 2 N–H and O–H groups in total. The van der Waals surface area contributed by atoms with E-state index in [-0.39, 0.29) is 17.8 Å². The van der Waals surface area contributed by atoms with E-state index in [0.717, 1.165) is 17.4 Å². The number of hydrogen-bond donors (Lipinski definition) is 2. The summed E-state index contributed by atoms with van der Waals surface area (Å²) < 4.78 is 10.5. The number of pyridine rings is 1. The van der Waals surface area contributed by atoms with Gasteiger partial charge in [-0.15, -0.1) is 0 Å². The summed E-state index contributed by atoms with van der Waals surface area (Å²) in [4.78, 5) is 25.1. The number of nitrogens with one attached hydrogen (secondary N) is 1. The lowest BCUT2D eigenvalue weighted by atomic mass is 10.2. The molecule has 114 valence electrons. The maximum atomic E-state index is 11.9. The number of methoxy groups -OCH3 is 1. The summed E-state index contributed by atoms with van der Waals surface area (Å²) in [7, 11) is 1.59. The molecule has 22 heavy (non-hydrogen) atoms. The molecule has 0 aliphatic rings. The van der Waals surface area contributed by atoms with E-state index in [4.69, 9.17) is 14.6 Å². The third-order valence-electron chi connectivity index (χ3n) is 2.86. The quantitative estimate of drug-likeness (QED) is 0.797. The van der Waals surface area contributed by atoms with Crippen molar-refractivity contribution in [2.45, 2.75) is 6.61 Å². The van der Waals surface area contributed by atoms with E-state index in [1.54, 1.807) is 7.11 Å². The van der Waals surface area contributed by atoms with Crippen LogP contribution < -0.4 is 14.9 Å². The smallest absolute Gasteiger partial charge is 0.328 e. The van der Waals surface area contributed by atoms with Gasteiger partial charge in [0.25, 0.3) is 0 Å². The molecule has 0 unspecified atom stereocenters. The van der Waals surface area contributed by atoms with Gasteiger partial charge in [0.2, 0.25) is 5.43 Å². The van der Waals surface area contributed by atoms with Crippen molar-refractivity contribution in [3.63, 3.8) is 0 Å². The first-order chi connectivity index (χ1) is 10.6. The van der Waals surface area contributed by atoms with E-state index in [1.165, 1.54) is 18.3 Å². The lowest BCUT2D eigenvalue weighted by Crippen LogP contribution is -2.08. The second-order valence-electron chi connectivity index (χ2n) is 4.43. The minimum atomic E-state index is -1.08. The summed E-state index contributed by atoms with van der Waals surface area (Å²) in [5.74, 6) is -0.167. The molecular weight excluding hydrogens is 286 g/mol. The molecule has 0 atom stereocenters. The van der Waals surface area contributed by atoms with Crippen LogP contribution in [0.2, 0.25) is 0 Å². The lowest BCUT2D eigenvalue weighted by Gasteiger charge is -2.06. The zero-order chi connectivity index (χ0) is 15.9. The Morgan fingerprint density at radius 3 is 2.64 bits per heavy atom. The van der Waals surface area contributed by atoms with Gasteiger partial charge in [-0.3, -0.25) is 4.79 Å². The SMILES string of the molecule is COc1ccc(COc2c[nH]c(/C=C/C(=O)O)cc2=O)cc1. The number of H-pyrrole nitrogens is 1. The van der Waals surface area contributed by atoms with Crippen molar-refractivity contribution in [2.75, 3.05) is 7.11 Å². The Hall–Kier alpha value is -3.02. The van der Waals surface area contributed by atoms with Crippen LogP contribution in [0, 0.1) is 0 Å². The molecule has 1 aromatic carbocycles. The second-order valence-corrected chi connectivity index (χ2v) is 4.43. The third-order valence-corrected chi connectivity index (χ3v) is 2.86. The van der Waals surface area contributed by atoms with Crippen molar-refractivity contribution in [1.82, 2.24) is 4.98 Å². The molecule has 2 aromatic rings. The average molecular weight is 301 g/mol. The van der Waals surface area contributed by atoms with Crippen LogP contribution in [-0.2, 0) is 11.4 Å². The van der Waals surface area contributed by atoms with Crippen LogP contribution in [0.15, 0.2) is 47.4 Å². The van der Waals surface area contributed by atoms with E-state index in [2.05, 4.69) is 4.98 Å². The summed E-state index contributed by atoms with van der Waals surface area (Å²) >= 11 is 0. The maximum Gasteiger partial charge on any atom is 0.328 e. The zero-order valence-corrected chi connectivity index (χ0v) is 11.9. The highest BCUT2D eigenvalue weighted by Crippen LogP contribution is 2.13. The summed E-state index contributed by atoms with van der Waals surface area (Å²) in [5, 5.41) is 8.53. The standard InChI is InChI=1S/C16H15NO5/c1-21-13-5-2-11(3-6-13)10-22-15-9-17-12(8-14(15)18)4-7-16(19)20/h2-9H,10H2,1H3,(H,17,18)(H,19,20)/b7-4+. The first-order valence-electron chi connectivity index (χ1n) is 6.48. The Morgan fingerprint density at radius 2 is 2.05 bits per heavy atom. The molecule has 0 spiro atoms. The number of benzene rings is 1. The van der Waals surface area contributed by atoms with E-state index >= 15 is 0 Å². The Labute approximate surface area is 126 Å². The first-order valence-corrected chi connectivity index (χ1v) is 6.48. The molecule has 1 aromatic heterocycles. The predicted molar refractivity (Wildman–Crippen MR) is 81.1 cm³/mol. The van der Waals surface area contributed by atoms with Crippen molar-refractivity contribution in [3.8, 4) is 11.5 Å². The van der Waals surface area contributed by atoms with Gasteiger partial charge in [0.05, 0.1) is 7.11 Å². The fourth-order valence-electron chi connectivity index (χ4n) is 1.73. The zero-order valence-electron chi connectivity index (χ0n) is 11.9. The van der Waals surface area contributed by atoms with E-state index in [1.807, 2.05) is 24.3 Å². The molecular formula is C16H15NO5. The monoisotopic (exact) mass is 301 g/mol. The number of carboxylic acid groups (broad SMARTS) is 1. The normalized spacial score (nSPS) is 10.6.